The van der Waals surface area contributed by atoms with E-state index >= 15 is 9.59 Å². The quantitative estimate of drug-likeness (QED) is 0.121. The number of fused-ring (bicyclic) bond motifs is 5. The number of hydrogen-bond donors (Lipinski definition) is 2. The van der Waals surface area contributed by atoms with Gasteiger partial charge in [0.1, 0.15) is 17.2 Å². The number of alkyl halides is 3. The highest BCUT2D eigenvalue weighted by Crippen LogP contribution is 2.65. The Kier molecular flexibility index (Phi) is 9.76. The van der Waals surface area contributed by atoms with Crippen LogP contribution in [0.3, 0.4) is 0 Å². The number of phenolic OH excluding ortho intramolecular Hbond substituents is 1. The van der Waals surface area contributed by atoms with Crippen molar-refractivity contribution in [3.8, 4) is 11.5 Å². The van der Waals surface area contributed by atoms with E-state index < -0.39 is 76.3 Å². The largest absolute Gasteiger partial charge is 0.508 e. The Hall–Kier alpha value is -5.83. The zero-order chi connectivity index (χ0) is 43.3. The SMILES string of the molecule is COc1ccc(C23C(=O)N(Nc4ccc(Cl)cc4Cl)C(=O)C2CC2C(=CCC4C(=O)N(N(C)c5nc(C(F)(F)F)ccc5Cl)C(=O)C42)C3c2c(O)ccc3ccccc23)cc1. The third-order valence-corrected chi connectivity index (χ3v) is 13.4. The summed E-state index contributed by atoms with van der Waals surface area (Å²) in [7, 11) is 2.72. The molecule has 2 saturated heterocycles. The molecule has 11 nitrogen and oxygen atoms in total. The molecule has 3 heterocycles. The summed E-state index contributed by atoms with van der Waals surface area (Å²) in [5.74, 6) is -8.30. The van der Waals surface area contributed by atoms with Gasteiger partial charge in [-0.25, -0.2) is 4.98 Å². The normalized spacial score (nSPS) is 24.7. The van der Waals surface area contributed by atoms with Crippen LogP contribution in [0.5, 0.6) is 11.5 Å². The minimum absolute atomic E-state index is 0.00889. The minimum Gasteiger partial charge on any atom is -0.508 e. The number of aromatic hydroxyl groups is 1. The topological polar surface area (TPSA) is 132 Å². The van der Waals surface area contributed by atoms with Crippen molar-refractivity contribution in [3.63, 3.8) is 0 Å². The van der Waals surface area contributed by atoms with Crippen LogP contribution in [0.25, 0.3) is 10.8 Å². The Morgan fingerprint density at radius 3 is 2.33 bits per heavy atom. The van der Waals surface area contributed by atoms with Gasteiger partial charge < -0.3 is 9.84 Å². The van der Waals surface area contributed by atoms with Crippen molar-refractivity contribution in [2.45, 2.75) is 30.4 Å². The highest BCUT2D eigenvalue weighted by molar-refractivity contribution is 6.36. The van der Waals surface area contributed by atoms with Gasteiger partial charge in [0.2, 0.25) is 0 Å². The highest BCUT2D eigenvalue weighted by atomic mass is 35.5. The molecule has 4 aromatic carbocycles. The first-order valence-electron chi connectivity index (χ1n) is 19.1. The van der Waals surface area contributed by atoms with Crippen molar-refractivity contribution in [1.29, 1.82) is 0 Å². The van der Waals surface area contributed by atoms with Crippen LogP contribution in [0.2, 0.25) is 15.1 Å². The number of ether oxygens (including phenoxy) is 1. The molecule has 3 fully saturated rings. The summed E-state index contributed by atoms with van der Waals surface area (Å²) in [6.45, 7) is 0. The van der Waals surface area contributed by atoms with Crippen LogP contribution < -0.4 is 15.2 Å². The number of hydrazine groups is 2. The molecule has 1 saturated carbocycles. The summed E-state index contributed by atoms with van der Waals surface area (Å²) in [4.78, 5) is 63.7. The number of halogens is 6. The molecule has 1 aromatic heterocycles. The first-order chi connectivity index (χ1) is 29.1. The van der Waals surface area contributed by atoms with E-state index in [0.29, 0.717) is 38.9 Å². The molecule has 2 aliphatic carbocycles. The molecule has 5 aromatic rings. The van der Waals surface area contributed by atoms with Gasteiger partial charge in [0.25, 0.3) is 23.6 Å². The maximum absolute atomic E-state index is 15.7. The molecule has 2 aliphatic heterocycles. The number of methoxy groups -OCH3 is 1. The molecular weight excluding hydrogens is 858 g/mol. The number of pyridine rings is 1. The number of aromatic nitrogens is 1. The first kappa shape index (κ1) is 40.6. The van der Waals surface area contributed by atoms with Crippen molar-refractivity contribution >= 4 is 80.7 Å². The Morgan fingerprint density at radius 1 is 0.885 bits per heavy atom. The van der Waals surface area contributed by atoms with Gasteiger partial charge in [-0.3, -0.25) is 29.6 Å². The zero-order valence-electron chi connectivity index (χ0n) is 32.1. The van der Waals surface area contributed by atoms with E-state index in [0.717, 1.165) is 26.5 Å². The number of phenols is 1. The van der Waals surface area contributed by atoms with Crippen LogP contribution in [0.4, 0.5) is 24.7 Å². The predicted molar refractivity (Wildman–Crippen MR) is 221 cm³/mol. The molecule has 17 heteroatoms. The summed E-state index contributed by atoms with van der Waals surface area (Å²) < 4.78 is 46.9. The van der Waals surface area contributed by atoms with Crippen LogP contribution in [0.1, 0.15) is 35.6 Å². The second-order valence-electron chi connectivity index (χ2n) is 15.4. The molecule has 312 valence electrons. The van der Waals surface area contributed by atoms with E-state index in [1.807, 2.05) is 12.1 Å². The molecule has 2 N–H and O–H groups in total. The minimum atomic E-state index is -4.85. The van der Waals surface area contributed by atoms with E-state index in [9.17, 15) is 27.9 Å². The van der Waals surface area contributed by atoms with Crippen molar-refractivity contribution in [2.75, 3.05) is 24.6 Å². The summed E-state index contributed by atoms with van der Waals surface area (Å²) >= 11 is 19.1. The van der Waals surface area contributed by atoms with Gasteiger partial charge in [-0.15, -0.1) is 0 Å². The molecule has 6 atom stereocenters. The Labute approximate surface area is 361 Å². The smallest absolute Gasteiger partial charge is 0.433 e. The van der Waals surface area contributed by atoms with Crippen molar-refractivity contribution in [1.82, 2.24) is 15.0 Å². The van der Waals surface area contributed by atoms with Crippen LogP contribution >= 0.6 is 34.8 Å². The lowest BCUT2D eigenvalue weighted by Crippen LogP contribution is -2.53. The van der Waals surface area contributed by atoms with Gasteiger partial charge in [-0.05, 0) is 83.6 Å². The molecule has 0 spiro atoms. The third-order valence-electron chi connectivity index (χ3n) is 12.5. The fourth-order valence-corrected chi connectivity index (χ4v) is 10.6. The highest BCUT2D eigenvalue weighted by Gasteiger charge is 2.71. The molecule has 61 heavy (non-hydrogen) atoms. The number of benzene rings is 4. The van der Waals surface area contributed by atoms with Crippen molar-refractivity contribution < 1.29 is 42.2 Å². The summed E-state index contributed by atoms with van der Waals surface area (Å²) in [5.41, 5.74) is 1.37. The molecular formula is C44H33Cl3F3N5O6. The third kappa shape index (κ3) is 6.12. The zero-order valence-corrected chi connectivity index (χ0v) is 34.4. The number of carbonyl (C=O) groups excluding carboxylic acids is 4. The first-order valence-corrected chi connectivity index (χ1v) is 20.2. The van der Waals surface area contributed by atoms with E-state index in [1.165, 1.54) is 38.4 Å². The fourth-order valence-electron chi connectivity index (χ4n) is 9.93. The van der Waals surface area contributed by atoms with Gasteiger partial charge in [-0.2, -0.15) is 23.2 Å². The number of nitrogens with zero attached hydrogens (tertiary/aromatic N) is 4. The summed E-state index contributed by atoms with van der Waals surface area (Å²) in [6, 6.07) is 23.4. The maximum Gasteiger partial charge on any atom is 0.433 e. The number of hydrogen-bond acceptors (Lipinski definition) is 9. The monoisotopic (exact) mass is 889 g/mol. The van der Waals surface area contributed by atoms with Gasteiger partial charge in [0, 0.05) is 23.6 Å². The number of carbonyl (C=O) groups is 4. The number of nitrogens with one attached hydrogen (secondary N) is 1. The number of imide groups is 2. The van der Waals surface area contributed by atoms with Gasteiger partial charge >= 0.3 is 6.18 Å². The van der Waals surface area contributed by atoms with Crippen LogP contribution in [-0.4, -0.2) is 57.9 Å². The van der Waals surface area contributed by atoms with E-state index in [4.69, 9.17) is 39.5 Å². The second kappa shape index (κ2) is 14.7. The molecule has 0 radical (unpaired) electrons. The van der Waals surface area contributed by atoms with Crippen molar-refractivity contribution in [2.24, 2.45) is 23.7 Å². The lowest BCUT2D eigenvalue weighted by Gasteiger charge is -2.51. The number of anilines is 2. The van der Waals surface area contributed by atoms with E-state index in [2.05, 4.69) is 10.4 Å². The van der Waals surface area contributed by atoms with Crippen LogP contribution in [0.15, 0.2) is 103 Å². The molecule has 6 unspecified atom stereocenters. The average molecular weight is 891 g/mol. The van der Waals surface area contributed by atoms with Gasteiger partial charge in [0.15, 0.2) is 5.82 Å². The second-order valence-corrected chi connectivity index (χ2v) is 16.7. The Morgan fingerprint density at radius 2 is 1.62 bits per heavy atom. The molecule has 4 amide bonds. The summed E-state index contributed by atoms with van der Waals surface area (Å²) in [5, 5.41) is 16.1. The Bertz CT molecular complexity index is 2730. The van der Waals surface area contributed by atoms with Gasteiger partial charge in [0.05, 0.1) is 46.0 Å². The lowest BCUT2D eigenvalue weighted by molar-refractivity contribution is -0.142. The molecule has 4 aliphatic rings. The number of amides is 4. The number of rotatable bonds is 7. The molecule has 0 bridgehead atoms. The van der Waals surface area contributed by atoms with Crippen LogP contribution in [-0.2, 0) is 30.8 Å². The average Bonchev–Trinajstić information content (AvgIpc) is 3.62. The fraction of sp³-hybridized carbons (Fsp3) is 0.250. The number of allylic oxidation sites excluding steroid dienone is 2. The van der Waals surface area contributed by atoms with Crippen LogP contribution in [0, 0.1) is 23.7 Å². The van der Waals surface area contributed by atoms with E-state index in [-0.39, 0.29) is 34.3 Å². The molecule has 9 rings (SSSR count). The maximum atomic E-state index is 15.7. The predicted octanol–water partition coefficient (Wildman–Crippen LogP) is 8.96. The van der Waals surface area contributed by atoms with E-state index in [1.54, 1.807) is 48.5 Å². The van der Waals surface area contributed by atoms with Crippen molar-refractivity contribution in [3.05, 3.63) is 135 Å². The lowest BCUT2D eigenvalue weighted by atomic mass is 9.48. The Balaban J connectivity index is 1.25. The standard InChI is InChI=1S/C44H33Cl3F3N5O6/c1-53(38-30(46)15-18-34(51-38)44(48,49)50)55-39(57)27-14-13-26-28(35(27)41(55)59)20-29-40(58)54(52-32-16-10-23(45)19-31(32)47)42(60)43(29,22-8-11-24(61-2)12-9-22)37(26)36-25-6-4-3-5-21(25)7-17-33(36)56/h3-13,15-19,27-29,35,37,52,56H,14,20H2,1-2H3. The summed E-state index contributed by atoms with van der Waals surface area (Å²) in [6.07, 6.45) is -3.17. The van der Waals surface area contributed by atoms with Gasteiger partial charge in [-0.1, -0.05) is 88.9 Å².